The highest BCUT2D eigenvalue weighted by atomic mass is 35.5. The van der Waals surface area contributed by atoms with Crippen molar-refractivity contribution in [3.05, 3.63) is 40.9 Å². The van der Waals surface area contributed by atoms with Crippen LogP contribution in [-0.4, -0.2) is 25.5 Å². The Morgan fingerprint density at radius 2 is 2.11 bits per heavy atom. The van der Waals surface area contributed by atoms with Crippen LogP contribution < -0.4 is 0 Å². The van der Waals surface area contributed by atoms with Crippen molar-refractivity contribution in [2.24, 2.45) is 13.0 Å². The highest BCUT2D eigenvalue weighted by Crippen LogP contribution is 2.42. The molecular weight excluding hydrogens is 390 g/mol. The van der Waals surface area contributed by atoms with Gasteiger partial charge in [-0.15, -0.1) is 11.3 Å². The van der Waals surface area contributed by atoms with Crippen molar-refractivity contribution in [2.75, 3.05) is 0 Å². The largest absolute Gasteiger partial charge is 0.342 e. The first-order valence-electron chi connectivity index (χ1n) is 9.47. The van der Waals surface area contributed by atoms with Crippen LogP contribution in [0.15, 0.2) is 24.4 Å². The maximum Gasteiger partial charge on any atom is 0.134 e. The normalized spacial score (nSPS) is 12.2. The molecule has 0 unspecified atom stereocenters. The smallest absolute Gasteiger partial charge is 0.134 e. The van der Waals surface area contributed by atoms with Gasteiger partial charge in [-0.2, -0.15) is 5.10 Å². The van der Waals surface area contributed by atoms with Crippen molar-refractivity contribution >= 4 is 34.2 Å². The fourth-order valence-electron chi connectivity index (χ4n) is 3.43. The number of nitrogens with zero attached hydrogens (tertiary/aromatic N) is 3. The van der Waals surface area contributed by atoms with Gasteiger partial charge in [-0.25, -0.2) is 4.98 Å². The zero-order valence-electron chi connectivity index (χ0n) is 16.9. The summed E-state index contributed by atoms with van der Waals surface area (Å²) in [5, 5.41) is 12.9. The second-order valence-corrected chi connectivity index (χ2v) is 8.44. The van der Waals surface area contributed by atoms with E-state index in [1.54, 1.807) is 24.5 Å². The lowest BCUT2D eigenvalue weighted by atomic mass is 9.92. The van der Waals surface area contributed by atoms with Crippen LogP contribution in [0, 0.1) is 18.3 Å². The summed E-state index contributed by atoms with van der Waals surface area (Å²) in [6.45, 7) is 8.17. The lowest BCUT2D eigenvalue weighted by Crippen LogP contribution is -2.04. The van der Waals surface area contributed by atoms with Crippen molar-refractivity contribution in [1.82, 2.24) is 19.7 Å². The van der Waals surface area contributed by atoms with E-state index >= 15 is 0 Å². The van der Waals surface area contributed by atoms with Crippen LogP contribution in [0.4, 0.5) is 0 Å². The fraction of sp³-hybridized carbons (Fsp3) is 0.381. The first-order chi connectivity index (χ1) is 13.3. The Balaban J connectivity index is 2.06. The molecule has 0 aliphatic carbocycles. The van der Waals surface area contributed by atoms with Gasteiger partial charge in [0.05, 0.1) is 20.5 Å². The van der Waals surface area contributed by atoms with Crippen molar-refractivity contribution in [1.29, 1.82) is 5.41 Å². The van der Waals surface area contributed by atoms with E-state index < -0.39 is 0 Å². The van der Waals surface area contributed by atoms with E-state index in [9.17, 15) is 0 Å². The molecule has 3 heterocycles. The number of allylic oxidation sites excluding steroid dienone is 2. The molecule has 0 atom stereocenters. The second kappa shape index (κ2) is 8.45. The van der Waals surface area contributed by atoms with Gasteiger partial charge in [0.25, 0.3) is 0 Å². The molecule has 3 aromatic heterocycles. The summed E-state index contributed by atoms with van der Waals surface area (Å²) in [6.07, 6.45) is 5.73. The van der Waals surface area contributed by atoms with Crippen LogP contribution in [-0.2, 0) is 7.05 Å². The summed E-state index contributed by atoms with van der Waals surface area (Å²) in [7, 11) is 1.92. The van der Waals surface area contributed by atoms with Crippen LogP contribution in [0.3, 0.4) is 0 Å². The molecule has 0 aliphatic heterocycles. The van der Waals surface area contributed by atoms with E-state index in [-0.39, 0.29) is 0 Å². The molecule has 5 nitrogen and oxygen atoms in total. The summed E-state index contributed by atoms with van der Waals surface area (Å²) in [6, 6.07) is 3.96. The minimum atomic E-state index is 0.363. The molecule has 0 saturated carbocycles. The van der Waals surface area contributed by atoms with E-state index in [1.807, 2.05) is 36.9 Å². The van der Waals surface area contributed by atoms with E-state index in [2.05, 4.69) is 23.9 Å². The highest BCUT2D eigenvalue weighted by molar-refractivity contribution is 7.19. The zero-order chi connectivity index (χ0) is 20.4. The molecule has 28 heavy (non-hydrogen) atoms. The Hall–Kier alpha value is -2.18. The SMILES string of the molecule is CCC(CC)/C(=C/C(C)=N)c1nc(-c2sc(-c3ccnn3C)cc2Cl)c(C)[nH]1. The molecule has 0 amide bonds. The Kier molecular flexibility index (Phi) is 6.20. The molecule has 0 bridgehead atoms. The number of hydrogen-bond donors (Lipinski definition) is 2. The maximum atomic E-state index is 7.93. The van der Waals surface area contributed by atoms with Gasteiger partial charge >= 0.3 is 0 Å². The van der Waals surface area contributed by atoms with Crippen LogP contribution >= 0.6 is 22.9 Å². The number of thiophene rings is 1. The van der Waals surface area contributed by atoms with Gasteiger partial charge in [-0.1, -0.05) is 25.4 Å². The average Bonchev–Trinajstić information content (AvgIpc) is 3.33. The molecule has 0 fully saturated rings. The number of rotatable bonds is 7. The number of imidazole rings is 1. The van der Waals surface area contributed by atoms with Crippen LogP contribution in [0.25, 0.3) is 26.7 Å². The van der Waals surface area contributed by atoms with Crippen molar-refractivity contribution in [3.8, 4) is 21.1 Å². The fourth-order valence-corrected chi connectivity index (χ4v) is 4.96. The summed E-state index contributed by atoms with van der Waals surface area (Å²) >= 11 is 8.21. The van der Waals surface area contributed by atoms with Gasteiger partial charge in [0.1, 0.15) is 11.5 Å². The van der Waals surface area contributed by atoms with Gasteiger partial charge in [-0.3, -0.25) is 4.68 Å². The number of halogens is 1. The van der Waals surface area contributed by atoms with Crippen LogP contribution in [0.2, 0.25) is 5.02 Å². The third-order valence-corrected chi connectivity index (χ3v) is 6.51. The Morgan fingerprint density at radius 1 is 1.39 bits per heavy atom. The minimum Gasteiger partial charge on any atom is -0.342 e. The van der Waals surface area contributed by atoms with E-state index in [4.69, 9.17) is 22.0 Å². The first-order valence-corrected chi connectivity index (χ1v) is 10.7. The highest BCUT2D eigenvalue weighted by Gasteiger charge is 2.21. The lowest BCUT2D eigenvalue weighted by Gasteiger charge is -2.15. The minimum absolute atomic E-state index is 0.363. The summed E-state index contributed by atoms with van der Waals surface area (Å²) in [5.74, 6) is 1.20. The van der Waals surface area contributed by atoms with E-state index in [0.29, 0.717) is 16.7 Å². The quantitative estimate of drug-likeness (QED) is 0.440. The monoisotopic (exact) mass is 415 g/mol. The van der Waals surface area contributed by atoms with Crippen LogP contribution in [0.5, 0.6) is 0 Å². The first kappa shape index (κ1) is 20.6. The standard InChI is InChI=1S/C21H26ClN5S/c1-6-14(7-2)15(10-12(3)23)21-25-13(4)19(26-21)20-16(22)11-18(28-20)17-8-9-24-27(17)5/h8-11,14,23H,6-7H2,1-5H3,(H,25,26)/b15-10-,23-12?. The second-order valence-electron chi connectivity index (χ2n) is 6.98. The van der Waals surface area contributed by atoms with Gasteiger partial charge < -0.3 is 10.4 Å². The van der Waals surface area contributed by atoms with Gasteiger partial charge in [-0.05, 0) is 56.4 Å². The third-order valence-electron chi connectivity index (χ3n) is 4.93. The number of aryl methyl sites for hydroxylation is 2. The predicted octanol–water partition coefficient (Wildman–Crippen LogP) is 6.36. The number of aromatic amines is 1. The molecule has 0 saturated heterocycles. The molecule has 3 aromatic rings. The summed E-state index contributed by atoms with van der Waals surface area (Å²) in [4.78, 5) is 10.4. The van der Waals surface area contributed by atoms with Gasteiger partial charge in [0, 0.05) is 24.7 Å². The van der Waals surface area contributed by atoms with Gasteiger partial charge in [0.2, 0.25) is 0 Å². The molecule has 0 aromatic carbocycles. The number of nitrogens with one attached hydrogen (secondary N) is 2. The zero-order valence-corrected chi connectivity index (χ0v) is 18.5. The van der Waals surface area contributed by atoms with Crippen LogP contribution in [0.1, 0.15) is 45.1 Å². The molecular formula is C21H26ClN5S. The average molecular weight is 416 g/mol. The van der Waals surface area contributed by atoms with Crippen molar-refractivity contribution < 1.29 is 0 Å². The van der Waals surface area contributed by atoms with Crippen molar-refractivity contribution in [2.45, 2.75) is 40.5 Å². The number of aromatic nitrogens is 4. The number of hydrogen-bond acceptors (Lipinski definition) is 4. The molecule has 148 valence electrons. The Labute approximate surface area is 175 Å². The third kappa shape index (κ3) is 3.98. The lowest BCUT2D eigenvalue weighted by molar-refractivity contribution is 0.620. The molecule has 3 rings (SSSR count). The maximum absolute atomic E-state index is 7.93. The molecule has 7 heteroatoms. The topological polar surface area (TPSA) is 70.3 Å². The molecule has 0 radical (unpaired) electrons. The van der Waals surface area contributed by atoms with E-state index in [1.165, 1.54) is 0 Å². The van der Waals surface area contributed by atoms with E-state index in [0.717, 1.165) is 51.1 Å². The Morgan fingerprint density at radius 3 is 2.68 bits per heavy atom. The summed E-state index contributed by atoms with van der Waals surface area (Å²) < 4.78 is 1.84. The molecule has 2 N–H and O–H groups in total. The Bertz CT molecular complexity index is 1020. The van der Waals surface area contributed by atoms with Gasteiger partial charge in [0.15, 0.2) is 0 Å². The summed E-state index contributed by atoms with van der Waals surface area (Å²) in [5.41, 5.74) is 4.51. The number of H-pyrrole nitrogens is 1. The predicted molar refractivity (Wildman–Crippen MR) is 119 cm³/mol. The molecule has 0 spiro atoms. The molecule has 0 aliphatic rings. The van der Waals surface area contributed by atoms with Crippen molar-refractivity contribution in [3.63, 3.8) is 0 Å².